The van der Waals surface area contributed by atoms with E-state index in [4.69, 9.17) is 4.74 Å². The molecule has 2 aliphatic rings. The zero-order valence-corrected chi connectivity index (χ0v) is 19.4. The summed E-state index contributed by atoms with van der Waals surface area (Å²) in [6.45, 7) is 0. The first-order valence-electron chi connectivity index (χ1n) is 10.7. The number of urea groups is 1. The van der Waals surface area contributed by atoms with Crippen molar-refractivity contribution >= 4 is 33.7 Å². The molecule has 0 spiro atoms. The van der Waals surface area contributed by atoms with Crippen molar-refractivity contribution in [2.45, 2.75) is 43.4 Å². The third-order valence-corrected chi connectivity index (χ3v) is 7.49. The average molecular weight is 491 g/mol. The summed E-state index contributed by atoms with van der Waals surface area (Å²) < 4.78 is 51.1. The predicted molar refractivity (Wildman–Crippen MR) is 119 cm³/mol. The van der Waals surface area contributed by atoms with Crippen LogP contribution in [0.4, 0.5) is 14.9 Å². The number of hydrogen-bond acceptors (Lipinski definition) is 7. The molecule has 0 radical (unpaired) electrons. The van der Waals surface area contributed by atoms with Gasteiger partial charge >= 0.3 is 18.0 Å². The van der Waals surface area contributed by atoms with Gasteiger partial charge in [0.25, 0.3) is 10.0 Å². The summed E-state index contributed by atoms with van der Waals surface area (Å²) >= 11 is 0. The van der Waals surface area contributed by atoms with E-state index in [1.54, 1.807) is 0 Å². The molecule has 4 rings (SSSR count). The van der Waals surface area contributed by atoms with Gasteiger partial charge in [-0.25, -0.2) is 31.9 Å². The van der Waals surface area contributed by atoms with Crippen LogP contribution >= 0.6 is 0 Å². The Morgan fingerprint density at radius 1 is 0.882 bits per heavy atom. The second-order valence-corrected chi connectivity index (χ2v) is 9.71. The van der Waals surface area contributed by atoms with Crippen LogP contribution in [0.2, 0.25) is 0 Å². The van der Waals surface area contributed by atoms with Crippen LogP contribution in [0, 0.1) is 5.82 Å². The van der Waals surface area contributed by atoms with E-state index in [2.05, 4.69) is 10.1 Å². The quantitative estimate of drug-likeness (QED) is 0.617. The van der Waals surface area contributed by atoms with Crippen molar-refractivity contribution in [1.29, 1.82) is 0 Å². The van der Waals surface area contributed by atoms with Crippen LogP contribution in [0.5, 0.6) is 0 Å². The van der Waals surface area contributed by atoms with E-state index in [1.165, 1.54) is 7.11 Å². The Morgan fingerprint density at radius 2 is 1.44 bits per heavy atom. The maximum atomic E-state index is 14.3. The van der Waals surface area contributed by atoms with Gasteiger partial charge < -0.3 is 14.8 Å². The summed E-state index contributed by atoms with van der Waals surface area (Å²) in [5, 5.41) is 2.63. The van der Waals surface area contributed by atoms with Crippen LogP contribution in [0.25, 0.3) is 0 Å². The number of anilines is 1. The summed E-state index contributed by atoms with van der Waals surface area (Å²) in [6.07, 6.45) is 4.08. The average Bonchev–Trinajstić information content (AvgIpc) is 3.48. The molecule has 0 saturated heterocycles. The van der Waals surface area contributed by atoms with E-state index in [9.17, 15) is 27.2 Å². The topological polar surface area (TPSA) is 128 Å². The van der Waals surface area contributed by atoms with Gasteiger partial charge in [-0.05, 0) is 79.0 Å². The molecule has 180 valence electrons. The van der Waals surface area contributed by atoms with Crippen molar-refractivity contribution in [3.05, 3.63) is 57.4 Å². The molecule has 2 aromatic carbocycles. The summed E-state index contributed by atoms with van der Waals surface area (Å²) in [5.74, 6) is -2.40. The molecule has 0 aliphatic heterocycles. The lowest BCUT2D eigenvalue weighted by Gasteiger charge is -2.19. The van der Waals surface area contributed by atoms with Gasteiger partial charge in [0.05, 0.1) is 25.3 Å². The van der Waals surface area contributed by atoms with Gasteiger partial charge in [-0.3, -0.25) is 0 Å². The first-order valence-corrected chi connectivity index (χ1v) is 12.2. The Kier molecular flexibility index (Phi) is 6.30. The number of methoxy groups -OCH3 is 2. The molecule has 34 heavy (non-hydrogen) atoms. The monoisotopic (exact) mass is 490 g/mol. The zero-order valence-electron chi connectivity index (χ0n) is 18.6. The molecule has 2 amide bonds. The minimum atomic E-state index is -4.65. The van der Waals surface area contributed by atoms with Crippen molar-refractivity contribution in [2.24, 2.45) is 0 Å². The Hall–Kier alpha value is -3.47. The van der Waals surface area contributed by atoms with Gasteiger partial charge in [-0.1, -0.05) is 0 Å². The van der Waals surface area contributed by atoms with Gasteiger partial charge in [0.1, 0.15) is 10.7 Å². The summed E-state index contributed by atoms with van der Waals surface area (Å²) in [4.78, 5) is 36.1. The first-order chi connectivity index (χ1) is 16.2. The first kappa shape index (κ1) is 23.7. The van der Waals surface area contributed by atoms with Crippen molar-refractivity contribution in [3.63, 3.8) is 0 Å². The maximum Gasteiger partial charge on any atom is 0.338 e. The fourth-order valence-corrected chi connectivity index (χ4v) is 5.74. The number of hydrogen-bond donors (Lipinski definition) is 2. The van der Waals surface area contributed by atoms with Crippen LogP contribution in [-0.4, -0.2) is 40.6 Å². The fourth-order valence-electron chi connectivity index (χ4n) is 4.72. The smallest absolute Gasteiger partial charge is 0.338 e. The number of fused-ring (bicyclic) bond motifs is 2. The van der Waals surface area contributed by atoms with Gasteiger partial charge in [-0.15, -0.1) is 0 Å². The highest BCUT2D eigenvalue weighted by molar-refractivity contribution is 7.90. The van der Waals surface area contributed by atoms with Gasteiger partial charge in [-0.2, -0.15) is 0 Å². The predicted octanol–water partition coefficient (Wildman–Crippen LogP) is 2.89. The van der Waals surface area contributed by atoms with Crippen molar-refractivity contribution in [2.75, 3.05) is 19.5 Å². The summed E-state index contributed by atoms with van der Waals surface area (Å²) in [7, 11) is -2.22. The number of ether oxygens (including phenoxy) is 2. The number of esters is 2. The van der Waals surface area contributed by atoms with E-state index >= 15 is 0 Å². The van der Waals surface area contributed by atoms with Crippen molar-refractivity contribution in [1.82, 2.24) is 4.72 Å². The zero-order chi connectivity index (χ0) is 24.6. The van der Waals surface area contributed by atoms with E-state index in [1.807, 2.05) is 4.72 Å². The van der Waals surface area contributed by atoms with Gasteiger partial charge in [0.2, 0.25) is 0 Å². The molecule has 2 aromatic rings. The Bertz CT molecular complexity index is 1290. The molecule has 0 aromatic heterocycles. The normalized spacial score (nSPS) is 14.2. The maximum absolute atomic E-state index is 14.3. The lowest BCUT2D eigenvalue weighted by atomic mass is 9.92. The number of halogens is 1. The molecule has 0 unspecified atom stereocenters. The van der Waals surface area contributed by atoms with Crippen molar-refractivity contribution in [3.8, 4) is 0 Å². The highest BCUT2D eigenvalue weighted by Crippen LogP contribution is 2.42. The second-order valence-electron chi connectivity index (χ2n) is 8.06. The van der Waals surface area contributed by atoms with Crippen LogP contribution in [0.1, 0.15) is 55.8 Å². The second kappa shape index (κ2) is 9.05. The Morgan fingerprint density at radius 3 is 2.00 bits per heavy atom. The molecule has 0 atom stereocenters. The number of nitrogens with one attached hydrogen (secondary N) is 2. The molecule has 0 heterocycles. The van der Waals surface area contributed by atoms with Crippen molar-refractivity contribution < 1.29 is 36.7 Å². The molecule has 0 saturated carbocycles. The summed E-state index contributed by atoms with van der Waals surface area (Å²) in [6, 6.07) is 1.62. The van der Waals surface area contributed by atoms with E-state index in [0.717, 1.165) is 60.4 Å². The van der Waals surface area contributed by atoms with Crippen LogP contribution in [0.15, 0.2) is 23.1 Å². The van der Waals surface area contributed by atoms with E-state index in [-0.39, 0.29) is 5.56 Å². The molecule has 9 nitrogen and oxygen atoms in total. The third-order valence-electron chi connectivity index (χ3n) is 6.14. The minimum Gasteiger partial charge on any atom is -0.465 e. The number of benzene rings is 2. The molecule has 11 heteroatoms. The Labute approximate surface area is 195 Å². The number of sulfonamides is 1. The summed E-state index contributed by atoms with van der Waals surface area (Å²) in [5.41, 5.74) is 4.04. The lowest BCUT2D eigenvalue weighted by molar-refractivity contribution is 0.0590. The highest BCUT2D eigenvalue weighted by Gasteiger charge is 2.33. The number of rotatable bonds is 5. The lowest BCUT2D eigenvalue weighted by Crippen LogP contribution is -2.35. The van der Waals surface area contributed by atoms with Gasteiger partial charge in [0.15, 0.2) is 0 Å². The molecule has 0 bridgehead atoms. The molecule has 2 N–H and O–H groups in total. The third kappa shape index (κ3) is 4.11. The van der Waals surface area contributed by atoms with E-state index in [0.29, 0.717) is 36.9 Å². The van der Waals surface area contributed by atoms with E-state index < -0.39 is 38.7 Å². The molecule has 0 fully saturated rings. The minimum absolute atomic E-state index is 0.182. The fraction of sp³-hybridized carbons (Fsp3) is 0.348. The standard InChI is InChI=1S/C23H23FN2O7S/c1-32-21(27)12-9-10-17(24)18(11-12)34(30,31)26-23(29)25-20-15-7-3-5-13(15)19(22(28)33-2)14-6-4-8-16(14)20/h9-11H,3-8H2,1-2H3,(H2,25,26,29). The molecular weight excluding hydrogens is 467 g/mol. The number of amides is 2. The molecular formula is C23H23FN2O7S. The van der Waals surface area contributed by atoms with Crippen LogP contribution in [0.3, 0.4) is 0 Å². The van der Waals surface area contributed by atoms with Gasteiger partial charge in [0, 0.05) is 5.69 Å². The number of carbonyl (C=O) groups is 3. The number of carbonyl (C=O) groups excluding carboxylic acids is 3. The highest BCUT2D eigenvalue weighted by atomic mass is 32.2. The Balaban J connectivity index is 1.66. The SMILES string of the molecule is COC(=O)c1ccc(F)c(S(=O)(=O)NC(=O)Nc2c3c(c(C(=O)OC)c4c2CCC4)CCC3)c1. The largest absolute Gasteiger partial charge is 0.465 e. The van der Waals surface area contributed by atoms with Crippen LogP contribution in [-0.2, 0) is 45.2 Å². The molecule has 2 aliphatic carbocycles. The van der Waals surface area contributed by atoms with Crippen LogP contribution < -0.4 is 10.0 Å².